The van der Waals surface area contributed by atoms with Gasteiger partial charge in [0.1, 0.15) is 16.5 Å². The smallest absolute Gasteiger partial charge is 0.246 e. The number of aromatic nitrogens is 1. The molecular formula is C13H10F2N2O2S. The van der Waals surface area contributed by atoms with Gasteiger partial charge in [-0.25, -0.2) is 17.2 Å². The molecule has 2 heterocycles. The van der Waals surface area contributed by atoms with Crippen molar-refractivity contribution in [3.63, 3.8) is 0 Å². The van der Waals surface area contributed by atoms with E-state index in [4.69, 9.17) is 0 Å². The summed E-state index contributed by atoms with van der Waals surface area (Å²) in [7, 11) is -4.00. The molecule has 0 spiro atoms. The van der Waals surface area contributed by atoms with Crippen LogP contribution in [0.4, 0.5) is 8.78 Å². The van der Waals surface area contributed by atoms with E-state index in [1.165, 1.54) is 0 Å². The molecule has 2 aromatic rings. The van der Waals surface area contributed by atoms with E-state index in [2.05, 4.69) is 4.98 Å². The summed E-state index contributed by atoms with van der Waals surface area (Å²) in [6.07, 6.45) is 1.58. The lowest BCUT2D eigenvalue weighted by molar-refractivity contribution is 0.424. The molecule has 104 valence electrons. The van der Waals surface area contributed by atoms with Crippen molar-refractivity contribution in [2.45, 2.75) is 18.0 Å². The molecule has 0 unspecified atom stereocenters. The highest BCUT2D eigenvalue weighted by Crippen LogP contribution is 2.28. The number of halogens is 2. The van der Waals surface area contributed by atoms with Crippen LogP contribution in [0.15, 0.2) is 41.4 Å². The number of hydrogen-bond donors (Lipinski definition) is 0. The van der Waals surface area contributed by atoms with Gasteiger partial charge >= 0.3 is 0 Å². The fourth-order valence-corrected chi connectivity index (χ4v) is 3.59. The molecule has 0 bridgehead atoms. The lowest BCUT2D eigenvalue weighted by Crippen LogP contribution is -2.26. The Balaban J connectivity index is 1.99. The van der Waals surface area contributed by atoms with E-state index >= 15 is 0 Å². The van der Waals surface area contributed by atoms with Gasteiger partial charge in [0.2, 0.25) is 10.0 Å². The molecule has 0 atom stereocenters. The Kier molecular flexibility index (Phi) is 3.02. The minimum Gasteiger partial charge on any atom is -0.260 e. The van der Waals surface area contributed by atoms with Crippen molar-refractivity contribution >= 4 is 10.0 Å². The fourth-order valence-electron chi connectivity index (χ4n) is 2.16. The molecule has 4 nitrogen and oxygen atoms in total. The van der Waals surface area contributed by atoms with Gasteiger partial charge in [-0.1, -0.05) is 6.07 Å². The van der Waals surface area contributed by atoms with Gasteiger partial charge < -0.3 is 0 Å². The predicted molar refractivity (Wildman–Crippen MR) is 67.0 cm³/mol. The van der Waals surface area contributed by atoms with Crippen LogP contribution in [0.1, 0.15) is 11.3 Å². The zero-order chi connectivity index (χ0) is 14.3. The van der Waals surface area contributed by atoms with E-state index < -0.39 is 26.6 Å². The van der Waals surface area contributed by atoms with Crippen molar-refractivity contribution in [1.29, 1.82) is 0 Å². The van der Waals surface area contributed by atoms with Crippen LogP contribution in [0.5, 0.6) is 0 Å². The molecule has 1 aliphatic heterocycles. The second-order valence-corrected chi connectivity index (χ2v) is 6.36. The van der Waals surface area contributed by atoms with Gasteiger partial charge in [0, 0.05) is 18.8 Å². The quantitative estimate of drug-likeness (QED) is 0.852. The Hall–Kier alpha value is -1.86. The number of sulfonamides is 1. The normalized spacial score (nSPS) is 15.3. The summed E-state index contributed by atoms with van der Waals surface area (Å²) in [5, 5.41) is 0. The van der Waals surface area contributed by atoms with Crippen LogP contribution >= 0.6 is 0 Å². The first-order chi connectivity index (χ1) is 9.48. The Bertz CT molecular complexity index is 753. The Labute approximate surface area is 114 Å². The van der Waals surface area contributed by atoms with Gasteiger partial charge in [-0.05, 0) is 23.8 Å². The zero-order valence-corrected chi connectivity index (χ0v) is 11.1. The summed E-state index contributed by atoms with van der Waals surface area (Å²) >= 11 is 0. The van der Waals surface area contributed by atoms with Gasteiger partial charge in [0.05, 0.1) is 12.2 Å². The third-order valence-corrected chi connectivity index (χ3v) is 4.99. The largest absolute Gasteiger partial charge is 0.260 e. The van der Waals surface area contributed by atoms with E-state index in [0.29, 0.717) is 11.8 Å². The Morgan fingerprint density at radius 2 is 1.95 bits per heavy atom. The van der Waals surface area contributed by atoms with Crippen LogP contribution in [0.3, 0.4) is 0 Å². The summed E-state index contributed by atoms with van der Waals surface area (Å²) < 4.78 is 52.4. The number of nitrogens with zero attached hydrogens (tertiary/aromatic N) is 2. The highest BCUT2D eigenvalue weighted by atomic mass is 32.2. The van der Waals surface area contributed by atoms with E-state index in [1.807, 2.05) is 0 Å². The number of pyridine rings is 1. The molecule has 1 aromatic heterocycles. The lowest BCUT2D eigenvalue weighted by Gasteiger charge is -2.15. The topological polar surface area (TPSA) is 50.3 Å². The molecule has 0 amide bonds. The third kappa shape index (κ3) is 2.08. The maximum Gasteiger partial charge on any atom is 0.246 e. The number of hydrogen-bond acceptors (Lipinski definition) is 3. The van der Waals surface area contributed by atoms with E-state index in [9.17, 15) is 17.2 Å². The molecule has 0 saturated heterocycles. The highest BCUT2D eigenvalue weighted by Gasteiger charge is 2.33. The van der Waals surface area contributed by atoms with Crippen LogP contribution < -0.4 is 0 Å². The standard InChI is InChI=1S/C13H10F2N2O2S/c14-10-3-4-13(11(15)6-10)20(18,19)17-7-9-2-1-5-16-12(9)8-17/h1-6H,7-8H2. The Morgan fingerprint density at radius 1 is 1.15 bits per heavy atom. The first-order valence-electron chi connectivity index (χ1n) is 5.86. The lowest BCUT2D eigenvalue weighted by atomic mass is 10.2. The number of fused-ring (bicyclic) bond motifs is 1. The molecule has 20 heavy (non-hydrogen) atoms. The molecule has 1 aromatic carbocycles. The van der Waals surface area contributed by atoms with Gasteiger partial charge in [-0.15, -0.1) is 0 Å². The summed E-state index contributed by atoms with van der Waals surface area (Å²) in [6.45, 7) is 0.234. The van der Waals surface area contributed by atoms with Crippen molar-refractivity contribution in [1.82, 2.24) is 9.29 Å². The summed E-state index contributed by atoms with van der Waals surface area (Å²) in [5.74, 6) is -1.90. The first-order valence-corrected chi connectivity index (χ1v) is 7.30. The maximum atomic E-state index is 13.7. The van der Waals surface area contributed by atoms with E-state index in [1.54, 1.807) is 18.3 Å². The van der Waals surface area contributed by atoms with Gasteiger partial charge in [-0.3, -0.25) is 4.98 Å². The second-order valence-electron chi connectivity index (χ2n) is 4.46. The summed E-state index contributed by atoms with van der Waals surface area (Å²) in [5.41, 5.74) is 1.44. The summed E-state index contributed by atoms with van der Waals surface area (Å²) in [4.78, 5) is 3.57. The van der Waals surface area contributed by atoms with Crippen molar-refractivity contribution in [3.8, 4) is 0 Å². The molecule has 0 radical (unpaired) electrons. The minimum absolute atomic E-state index is 0.0926. The van der Waals surface area contributed by atoms with Crippen LogP contribution in [-0.4, -0.2) is 17.7 Å². The second kappa shape index (κ2) is 4.60. The van der Waals surface area contributed by atoms with Gasteiger partial charge in [0.15, 0.2) is 0 Å². The molecule has 7 heteroatoms. The average molecular weight is 296 g/mol. The first kappa shape index (κ1) is 13.1. The van der Waals surface area contributed by atoms with Crippen LogP contribution in [0.2, 0.25) is 0 Å². The van der Waals surface area contributed by atoms with E-state index in [0.717, 1.165) is 22.0 Å². The van der Waals surface area contributed by atoms with Crippen molar-refractivity contribution < 1.29 is 17.2 Å². The van der Waals surface area contributed by atoms with Crippen LogP contribution in [0, 0.1) is 11.6 Å². The highest BCUT2D eigenvalue weighted by molar-refractivity contribution is 7.89. The van der Waals surface area contributed by atoms with Gasteiger partial charge in [0.25, 0.3) is 0 Å². The van der Waals surface area contributed by atoms with Crippen LogP contribution in [-0.2, 0) is 23.1 Å². The fraction of sp³-hybridized carbons (Fsp3) is 0.154. The molecule has 1 aliphatic rings. The number of benzene rings is 1. The molecule has 0 N–H and O–H groups in total. The van der Waals surface area contributed by atoms with Crippen molar-refractivity contribution in [2.24, 2.45) is 0 Å². The zero-order valence-electron chi connectivity index (χ0n) is 10.3. The molecule has 0 saturated carbocycles. The molecule has 0 aliphatic carbocycles. The average Bonchev–Trinajstić information content (AvgIpc) is 2.82. The predicted octanol–water partition coefficient (Wildman–Crippen LogP) is 2.06. The Morgan fingerprint density at radius 3 is 2.65 bits per heavy atom. The molecule has 3 rings (SSSR count). The monoisotopic (exact) mass is 296 g/mol. The maximum absolute atomic E-state index is 13.7. The van der Waals surface area contributed by atoms with Gasteiger partial charge in [-0.2, -0.15) is 4.31 Å². The third-order valence-electron chi connectivity index (χ3n) is 3.17. The van der Waals surface area contributed by atoms with Crippen LogP contribution in [0.25, 0.3) is 0 Å². The van der Waals surface area contributed by atoms with Crippen molar-refractivity contribution in [3.05, 3.63) is 59.4 Å². The molecule has 0 fully saturated rings. The number of rotatable bonds is 2. The minimum atomic E-state index is -4.00. The summed E-state index contributed by atoms with van der Waals surface area (Å²) in [6, 6.07) is 5.93. The van der Waals surface area contributed by atoms with E-state index in [-0.39, 0.29) is 13.1 Å². The molecular weight excluding hydrogens is 286 g/mol. The SMILES string of the molecule is O=S(=O)(c1ccc(F)cc1F)N1Cc2cccnc2C1. The van der Waals surface area contributed by atoms with Crippen molar-refractivity contribution in [2.75, 3.05) is 0 Å².